The SMILES string of the molecule is O=C(O)C1(Cc2ccccc2)CC=CS1. The molecule has 0 saturated heterocycles. The third-order valence-electron chi connectivity index (χ3n) is 2.56. The van der Waals surface area contributed by atoms with E-state index in [0.717, 1.165) is 5.56 Å². The number of hydrogen-bond donors (Lipinski definition) is 1. The summed E-state index contributed by atoms with van der Waals surface area (Å²) in [6.07, 6.45) is 3.13. The Labute approximate surface area is 93.0 Å². The smallest absolute Gasteiger partial charge is 0.320 e. The highest BCUT2D eigenvalue weighted by Crippen LogP contribution is 2.39. The Balaban J connectivity index is 2.19. The lowest BCUT2D eigenvalue weighted by molar-refractivity contribution is -0.139. The zero-order valence-corrected chi connectivity index (χ0v) is 9.04. The van der Waals surface area contributed by atoms with Gasteiger partial charge in [0.05, 0.1) is 0 Å². The number of aliphatic carboxylic acids is 1. The fraction of sp³-hybridized carbons (Fsp3) is 0.250. The van der Waals surface area contributed by atoms with E-state index in [4.69, 9.17) is 0 Å². The van der Waals surface area contributed by atoms with Gasteiger partial charge in [0.25, 0.3) is 0 Å². The highest BCUT2D eigenvalue weighted by atomic mass is 32.2. The summed E-state index contributed by atoms with van der Waals surface area (Å²) in [5, 5.41) is 11.2. The van der Waals surface area contributed by atoms with Gasteiger partial charge in [0, 0.05) is 0 Å². The summed E-state index contributed by atoms with van der Waals surface area (Å²) in [6, 6.07) is 9.78. The predicted molar refractivity (Wildman–Crippen MR) is 61.9 cm³/mol. The van der Waals surface area contributed by atoms with Crippen LogP contribution in [-0.2, 0) is 11.2 Å². The van der Waals surface area contributed by atoms with E-state index >= 15 is 0 Å². The summed E-state index contributed by atoms with van der Waals surface area (Å²) >= 11 is 1.41. The molecule has 2 nitrogen and oxygen atoms in total. The summed E-state index contributed by atoms with van der Waals surface area (Å²) in [5.74, 6) is -0.721. The molecule has 0 aromatic heterocycles. The Morgan fingerprint density at radius 2 is 2.13 bits per heavy atom. The van der Waals surface area contributed by atoms with Crippen molar-refractivity contribution in [2.75, 3.05) is 0 Å². The molecule has 78 valence electrons. The molecule has 1 heterocycles. The van der Waals surface area contributed by atoms with Crippen molar-refractivity contribution in [1.82, 2.24) is 0 Å². The van der Waals surface area contributed by atoms with Gasteiger partial charge in [-0.15, -0.1) is 11.8 Å². The Kier molecular flexibility index (Phi) is 2.82. The van der Waals surface area contributed by atoms with Crippen molar-refractivity contribution in [3.8, 4) is 0 Å². The maximum Gasteiger partial charge on any atom is 0.320 e. The maximum absolute atomic E-state index is 11.3. The van der Waals surface area contributed by atoms with Gasteiger partial charge in [-0.25, -0.2) is 0 Å². The van der Waals surface area contributed by atoms with E-state index in [1.165, 1.54) is 11.8 Å². The van der Waals surface area contributed by atoms with Crippen molar-refractivity contribution in [1.29, 1.82) is 0 Å². The fourth-order valence-electron chi connectivity index (χ4n) is 1.72. The molecular weight excluding hydrogens is 208 g/mol. The first-order valence-electron chi connectivity index (χ1n) is 4.83. The minimum absolute atomic E-state index is 0.584. The molecule has 15 heavy (non-hydrogen) atoms. The molecule has 1 aliphatic heterocycles. The highest BCUT2D eigenvalue weighted by Gasteiger charge is 2.40. The van der Waals surface area contributed by atoms with Crippen LogP contribution < -0.4 is 0 Å². The van der Waals surface area contributed by atoms with Crippen LogP contribution in [0, 0.1) is 0 Å². The molecule has 0 aliphatic carbocycles. The van der Waals surface area contributed by atoms with Crippen LogP contribution in [0.15, 0.2) is 41.8 Å². The van der Waals surface area contributed by atoms with Crippen molar-refractivity contribution >= 4 is 17.7 Å². The van der Waals surface area contributed by atoms with Crippen molar-refractivity contribution in [2.45, 2.75) is 17.6 Å². The third kappa shape index (κ3) is 2.07. The lowest BCUT2D eigenvalue weighted by Gasteiger charge is -2.22. The Hall–Kier alpha value is -1.22. The molecule has 0 amide bonds. The van der Waals surface area contributed by atoms with E-state index < -0.39 is 10.7 Å². The van der Waals surface area contributed by atoms with Crippen molar-refractivity contribution < 1.29 is 9.90 Å². The normalized spacial score (nSPS) is 24.3. The third-order valence-corrected chi connectivity index (χ3v) is 3.83. The van der Waals surface area contributed by atoms with Crippen molar-refractivity contribution in [3.63, 3.8) is 0 Å². The molecule has 0 fully saturated rings. The van der Waals surface area contributed by atoms with Gasteiger partial charge in [-0.1, -0.05) is 36.4 Å². The first-order valence-corrected chi connectivity index (χ1v) is 5.71. The van der Waals surface area contributed by atoms with Gasteiger partial charge in [0.1, 0.15) is 4.75 Å². The number of carboxylic acid groups (broad SMARTS) is 1. The first-order chi connectivity index (χ1) is 7.23. The van der Waals surface area contributed by atoms with Gasteiger partial charge in [-0.05, 0) is 23.8 Å². The molecule has 1 N–H and O–H groups in total. The molecule has 0 spiro atoms. The maximum atomic E-state index is 11.3. The van der Waals surface area contributed by atoms with Gasteiger partial charge in [-0.2, -0.15) is 0 Å². The number of hydrogen-bond acceptors (Lipinski definition) is 2. The van der Waals surface area contributed by atoms with Gasteiger partial charge in [0.2, 0.25) is 0 Å². The first kappa shape index (κ1) is 10.3. The van der Waals surface area contributed by atoms with Crippen LogP contribution in [0.1, 0.15) is 12.0 Å². The molecule has 1 atom stereocenters. The van der Waals surface area contributed by atoms with E-state index in [9.17, 15) is 9.90 Å². The second-order valence-electron chi connectivity index (χ2n) is 3.66. The van der Waals surface area contributed by atoms with E-state index in [1.54, 1.807) is 0 Å². The van der Waals surface area contributed by atoms with Crippen LogP contribution in [0.2, 0.25) is 0 Å². The fourth-order valence-corrected chi connectivity index (χ4v) is 2.71. The number of allylic oxidation sites excluding steroid dienone is 1. The van der Waals surface area contributed by atoms with Crippen molar-refractivity contribution in [3.05, 3.63) is 47.4 Å². The van der Waals surface area contributed by atoms with Crippen molar-refractivity contribution in [2.24, 2.45) is 0 Å². The highest BCUT2D eigenvalue weighted by molar-refractivity contribution is 8.04. The summed E-state index contributed by atoms with van der Waals surface area (Å²) in [7, 11) is 0. The van der Waals surface area contributed by atoms with Gasteiger partial charge < -0.3 is 5.11 Å². The average Bonchev–Trinajstić information content (AvgIpc) is 2.69. The molecule has 1 unspecified atom stereocenters. The Morgan fingerprint density at radius 3 is 2.67 bits per heavy atom. The Bertz CT molecular complexity index is 376. The van der Waals surface area contributed by atoms with Crippen LogP contribution in [0.25, 0.3) is 0 Å². The largest absolute Gasteiger partial charge is 0.480 e. The lowest BCUT2D eigenvalue weighted by Crippen LogP contribution is -2.34. The molecule has 0 radical (unpaired) electrons. The second-order valence-corrected chi connectivity index (χ2v) is 4.94. The summed E-state index contributed by atoms with van der Waals surface area (Å²) in [4.78, 5) is 11.3. The number of benzene rings is 1. The van der Waals surface area contributed by atoms with Gasteiger partial charge in [0.15, 0.2) is 0 Å². The predicted octanol–water partition coefficient (Wildman–Crippen LogP) is 2.70. The van der Waals surface area contributed by atoms with Crippen LogP contribution in [0.3, 0.4) is 0 Å². The second kappa shape index (κ2) is 4.11. The van der Waals surface area contributed by atoms with E-state index in [1.807, 2.05) is 41.8 Å². The average molecular weight is 220 g/mol. The van der Waals surface area contributed by atoms with E-state index in [-0.39, 0.29) is 0 Å². The van der Waals surface area contributed by atoms with E-state index in [0.29, 0.717) is 12.8 Å². The molecular formula is C12H12O2S. The number of carbonyl (C=O) groups is 1. The summed E-state index contributed by atoms with van der Waals surface area (Å²) in [6.45, 7) is 0. The number of rotatable bonds is 3. The van der Waals surface area contributed by atoms with Crippen LogP contribution >= 0.6 is 11.8 Å². The minimum atomic E-state index is -0.721. The molecule has 3 heteroatoms. The lowest BCUT2D eigenvalue weighted by atomic mass is 9.95. The van der Waals surface area contributed by atoms with Gasteiger partial charge in [-0.3, -0.25) is 4.79 Å². The molecule has 0 bridgehead atoms. The topological polar surface area (TPSA) is 37.3 Å². The number of carboxylic acids is 1. The zero-order chi connectivity index (χ0) is 10.7. The summed E-state index contributed by atoms with van der Waals surface area (Å²) in [5.41, 5.74) is 1.08. The minimum Gasteiger partial charge on any atom is -0.480 e. The van der Waals surface area contributed by atoms with Gasteiger partial charge >= 0.3 is 5.97 Å². The number of thioether (sulfide) groups is 1. The Morgan fingerprint density at radius 1 is 1.40 bits per heavy atom. The van der Waals surface area contributed by atoms with E-state index in [2.05, 4.69) is 0 Å². The molecule has 0 saturated carbocycles. The molecule has 1 aromatic carbocycles. The van der Waals surface area contributed by atoms with Crippen LogP contribution in [-0.4, -0.2) is 15.8 Å². The molecule has 1 aromatic rings. The quantitative estimate of drug-likeness (QED) is 0.851. The summed E-state index contributed by atoms with van der Waals surface area (Å²) < 4.78 is -0.679. The zero-order valence-electron chi connectivity index (χ0n) is 8.22. The van der Waals surface area contributed by atoms with Crippen LogP contribution in [0.5, 0.6) is 0 Å². The molecule has 1 aliphatic rings. The molecule has 2 rings (SSSR count). The van der Waals surface area contributed by atoms with Crippen LogP contribution in [0.4, 0.5) is 0 Å². The monoisotopic (exact) mass is 220 g/mol. The standard InChI is InChI=1S/C12H12O2S/c13-11(14)12(7-4-8-15-12)9-10-5-2-1-3-6-10/h1-6,8H,7,9H2,(H,13,14).